The fourth-order valence-corrected chi connectivity index (χ4v) is 2.53. The first kappa shape index (κ1) is 18.1. The molecule has 8 heteroatoms. The highest BCUT2D eigenvalue weighted by Crippen LogP contribution is 2.32. The SMILES string of the molecule is Cc1cc(-c2c(C(=O)O)c(N)[nH]c(=O)c2C(=O)O)ccc1OC(C)C. The van der Waals surface area contributed by atoms with Crippen LogP contribution in [0.2, 0.25) is 0 Å². The van der Waals surface area contributed by atoms with Crippen LogP contribution in [0.3, 0.4) is 0 Å². The van der Waals surface area contributed by atoms with Gasteiger partial charge in [0.1, 0.15) is 22.7 Å². The van der Waals surface area contributed by atoms with Crippen molar-refractivity contribution in [3.05, 3.63) is 45.2 Å². The lowest BCUT2D eigenvalue weighted by atomic mass is 9.94. The molecule has 132 valence electrons. The van der Waals surface area contributed by atoms with Gasteiger partial charge in [-0.1, -0.05) is 6.07 Å². The molecule has 5 N–H and O–H groups in total. The summed E-state index contributed by atoms with van der Waals surface area (Å²) in [5.74, 6) is -2.81. The first-order valence-electron chi connectivity index (χ1n) is 7.43. The van der Waals surface area contributed by atoms with Gasteiger partial charge in [0.15, 0.2) is 0 Å². The maximum Gasteiger partial charge on any atom is 0.342 e. The summed E-state index contributed by atoms with van der Waals surface area (Å²) in [6, 6.07) is 4.65. The number of carboxylic acid groups (broad SMARTS) is 2. The van der Waals surface area contributed by atoms with Crippen molar-refractivity contribution in [1.82, 2.24) is 4.98 Å². The summed E-state index contributed by atoms with van der Waals surface area (Å²) in [6.45, 7) is 5.45. The molecule has 0 aliphatic carbocycles. The molecule has 2 aromatic rings. The van der Waals surface area contributed by atoms with Crippen LogP contribution in [0.1, 0.15) is 40.1 Å². The van der Waals surface area contributed by atoms with E-state index in [1.54, 1.807) is 19.1 Å². The predicted octanol–water partition coefficient (Wildman–Crippen LogP) is 2.12. The highest BCUT2D eigenvalue weighted by Gasteiger charge is 2.26. The van der Waals surface area contributed by atoms with Crippen molar-refractivity contribution in [2.45, 2.75) is 26.9 Å². The molecule has 0 fully saturated rings. The molecule has 0 saturated heterocycles. The van der Waals surface area contributed by atoms with E-state index in [0.29, 0.717) is 11.3 Å². The third-order valence-corrected chi connectivity index (χ3v) is 3.50. The summed E-state index contributed by atoms with van der Waals surface area (Å²) in [5, 5.41) is 18.8. The summed E-state index contributed by atoms with van der Waals surface area (Å²) in [5.41, 5.74) is 4.18. The number of hydrogen-bond acceptors (Lipinski definition) is 5. The van der Waals surface area contributed by atoms with E-state index in [0.717, 1.165) is 0 Å². The number of ether oxygens (including phenoxy) is 1. The summed E-state index contributed by atoms with van der Waals surface area (Å²) in [4.78, 5) is 37.2. The van der Waals surface area contributed by atoms with Gasteiger partial charge >= 0.3 is 11.9 Å². The van der Waals surface area contributed by atoms with Crippen LogP contribution >= 0.6 is 0 Å². The largest absolute Gasteiger partial charge is 0.491 e. The number of aryl methyl sites for hydroxylation is 1. The Morgan fingerprint density at radius 3 is 2.24 bits per heavy atom. The maximum absolute atomic E-state index is 12.0. The van der Waals surface area contributed by atoms with Crippen molar-refractivity contribution in [2.75, 3.05) is 5.73 Å². The molecule has 0 aliphatic rings. The fraction of sp³-hybridized carbons (Fsp3) is 0.235. The lowest BCUT2D eigenvalue weighted by Crippen LogP contribution is -2.24. The smallest absolute Gasteiger partial charge is 0.342 e. The van der Waals surface area contributed by atoms with Crippen LogP contribution in [0.5, 0.6) is 5.75 Å². The second-order valence-electron chi connectivity index (χ2n) is 5.75. The number of aromatic amines is 1. The first-order chi connectivity index (χ1) is 11.6. The molecule has 0 spiro atoms. The molecular formula is C17H18N2O6. The Kier molecular flexibility index (Phi) is 4.82. The number of anilines is 1. The van der Waals surface area contributed by atoms with Crippen molar-refractivity contribution in [1.29, 1.82) is 0 Å². The normalized spacial score (nSPS) is 10.7. The molecule has 2 rings (SSSR count). The molecule has 0 saturated carbocycles. The number of carboxylic acids is 2. The van der Waals surface area contributed by atoms with Gasteiger partial charge < -0.3 is 25.7 Å². The van der Waals surface area contributed by atoms with Crippen LogP contribution in [0.15, 0.2) is 23.0 Å². The van der Waals surface area contributed by atoms with Crippen LogP contribution in [0, 0.1) is 6.92 Å². The maximum atomic E-state index is 12.0. The summed E-state index contributed by atoms with van der Waals surface area (Å²) < 4.78 is 5.61. The Labute approximate surface area is 142 Å². The predicted molar refractivity (Wildman–Crippen MR) is 91.3 cm³/mol. The molecule has 0 aliphatic heterocycles. The van der Waals surface area contributed by atoms with E-state index >= 15 is 0 Å². The van der Waals surface area contributed by atoms with Gasteiger partial charge in [0.25, 0.3) is 5.56 Å². The van der Waals surface area contributed by atoms with E-state index in [1.165, 1.54) is 6.07 Å². The van der Waals surface area contributed by atoms with Crippen molar-refractivity contribution in [3.63, 3.8) is 0 Å². The quantitative estimate of drug-likeness (QED) is 0.649. The Morgan fingerprint density at radius 1 is 1.16 bits per heavy atom. The van der Waals surface area contributed by atoms with Gasteiger partial charge in [-0.2, -0.15) is 0 Å². The topological polar surface area (TPSA) is 143 Å². The Bertz CT molecular complexity index is 914. The van der Waals surface area contributed by atoms with Crippen molar-refractivity contribution >= 4 is 17.8 Å². The lowest BCUT2D eigenvalue weighted by Gasteiger charge is -2.16. The second-order valence-corrected chi connectivity index (χ2v) is 5.75. The molecule has 1 aromatic heterocycles. The van der Waals surface area contributed by atoms with E-state index in [-0.39, 0.29) is 17.2 Å². The van der Waals surface area contributed by atoms with Gasteiger partial charge in [0.05, 0.1) is 6.10 Å². The minimum absolute atomic E-state index is 0.0658. The molecule has 1 aromatic carbocycles. The number of pyridine rings is 1. The zero-order valence-electron chi connectivity index (χ0n) is 13.9. The molecule has 8 nitrogen and oxygen atoms in total. The molecular weight excluding hydrogens is 328 g/mol. The number of rotatable bonds is 5. The van der Waals surface area contributed by atoms with Crippen molar-refractivity contribution in [2.24, 2.45) is 0 Å². The Hall–Kier alpha value is -3.29. The number of nitrogens with one attached hydrogen (secondary N) is 1. The monoisotopic (exact) mass is 346 g/mol. The number of benzene rings is 1. The number of aromatic carboxylic acids is 2. The van der Waals surface area contributed by atoms with Crippen LogP contribution in [0.4, 0.5) is 5.82 Å². The number of hydrogen-bond donors (Lipinski definition) is 4. The van der Waals surface area contributed by atoms with Crippen LogP contribution in [0.25, 0.3) is 11.1 Å². The molecule has 0 unspecified atom stereocenters. The van der Waals surface area contributed by atoms with E-state index in [2.05, 4.69) is 4.98 Å². The zero-order valence-corrected chi connectivity index (χ0v) is 13.9. The van der Waals surface area contributed by atoms with Gasteiger partial charge in [0, 0.05) is 5.56 Å². The Morgan fingerprint density at radius 2 is 1.76 bits per heavy atom. The highest BCUT2D eigenvalue weighted by molar-refractivity contribution is 6.07. The van der Waals surface area contributed by atoms with Gasteiger partial charge in [-0.15, -0.1) is 0 Å². The number of nitrogens with two attached hydrogens (primary N) is 1. The highest BCUT2D eigenvalue weighted by atomic mass is 16.5. The molecule has 0 atom stereocenters. The number of aromatic nitrogens is 1. The van der Waals surface area contributed by atoms with E-state index in [4.69, 9.17) is 10.5 Å². The van der Waals surface area contributed by atoms with Crippen molar-refractivity contribution in [3.8, 4) is 16.9 Å². The minimum atomic E-state index is -1.54. The molecule has 1 heterocycles. The van der Waals surface area contributed by atoms with Gasteiger partial charge in [-0.05, 0) is 44.0 Å². The second kappa shape index (κ2) is 6.68. The van der Waals surface area contributed by atoms with E-state index in [9.17, 15) is 24.6 Å². The first-order valence-corrected chi connectivity index (χ1v) is 7.43. The minimum Gasteiger partial charge on any atom is -0.491 e. The van der Waals surface area contributed by atoms with Crippen LogP contribution in [-0.2, 0) is 0 Å². The number of carbonyl (C=O) groups is 2. The molecule has 25 heavy (non-hydrogen) atoms. The molecule has 0 radical (unpaired) electrons. The van der Waals surface area contributed by atoms with Gasteiger partial charge in [0.2, 0.25) is 0 Å². The third kappa shape index (κ3) is 3.47. The fourth-order valence-electron chi connectivity index (χ4n) is 2.53. The van der Waals surface area contributed by atoms with Crippen LogP contribution < -0.4 is 16.0 Å². The van der Waals surface area contributed by atoms with Gasteiger partial charge in [-0.3, -0.25) is 4.79 Å². The standard InChI is InChI=1S/C17H18N2O6/c1-7(2)25-10-5-4-9(6-8(10)3)11-12(16(21)22)14(18)19-15(20)13(11)17(23)24/h4-7H,1-3H3,(H,21,22)(H,23,24)(H3,18,19,20). The molecule has 0 amide bonds. The third-order valence-electron chi connectivity index (χ3n) is 3.50. The summed E-state index contributed by atoms with van der Waals surface area (Å²) in [7, 11) is 0. The summed E-state index contributed by atoms with van der Waals surface area (Å²) >= 11 is 0. The average Bonchev–Trinajstić information content (AvgIpc) is 2.47. The lowest BCUT2D eigenvalue weighted by molar-refractivity contribution is 0.0695. The zero-order chi connectivity index (χ0) is 18.9. The number of H-pyrrole nitrogens is 1. The summed E-state index contributed by atoms with van der Waals surface area (Å²) in [6.07, 6.45) is -0.0658. The Balaban J connectivity index is 2.81. The molecule has 0 bridgehead atoms. The average molecular weight is 346 g/mol. The van der Waals surface area contributed by atoms with Crippen LogP contribution in [-0.4, -0.2) is 33.2 Å². The van der Waals surface area contributed by atoms with Crippen molar-refractivity contribution < 1.29 is 24.5 Å². The van der Waals surface area contributed by atoms with E-state index in [1.807, 2.05) is 13.8 Å². The van der Waals surface area contributed by atoms with E-state index < -0.39 is 34.4 Å². The number of nitrogen functional groups attached to an aromatic ring is 1. The van der Waals surface area contributed by atoms with Gasteiger partial charge in [-0.25, -0.2) is 9.59 Å².